The minimum Gasteiger partial charge on any atom is -0.381 e. The summed E-state index contributed by atoms with van der Waals surface area (Å²) >= 11 is 0. The second-order valence-corrected chi connectivity index (χ2v) is 9.00. The van der Waals surface area contributed by atoms with Crippen molar-refractivity contribution in [3.63, 3.8) is 0 Å². The van der Waals surface area contributed by atoms with Crippen molar-refractivity contribution in [3.8, 4) is 0 Å². The van der Waals surface area contributed by atoms with Crippen LogP contribution in [0.4, 0.5) is 24.5 Å². The zero-order valence-corrected chi connectivity index (χ0v) is 17.6. The summed E-state index contributed by atoms with van der Waals surface area (Å²) in [6.45, 7) is 0. The van der Waals surface area contributed by atoms with Gasteiger partial charge in [0.1, 0.15) is 0 Å². The van der Waals surface area contributed by atoms with Gasteiger partial charge in [-0.3, -0.25) is 4.79 Å². The molecule has 0 heterocycles. The lowest BCUT2D eigenvalue weighted by Crippen LogP contribution is -2.47. The number of hydrogen-bond acceptors (Lipinski definition) is 5. The second-order valence-electron chi connectivity index (χ2n) is 7.11. The minimum atomic E-state index is -4.46. The van der Waals surface area contributed by atoms with Gasteiger partial charge in [-0.25, -0.2) is 13.1 Å². The van der Waals surface area contributed by atoms with Gasteiger partial charge in [0.15, 0.2) is 0 Å². The molecule has 1 fully saturated rings. The number of ether oxygens (including phenoxy) is 1. The van der Waals surface area contributed by atoms with Crippen LogP contribution in [0, 0.1) is 0 Å². The van der Waals surface area contributed by atoms with Crippen LogP contribution in [0.25, 0.3) is 0 Å². The lowest BCUT2D eigenvalue weighted by molar-refractivity contribution is -0.137. The smallest absolute Gasteiger partial charge is 0.381 e. The van der Waals surface area contributed by atoms with Gasteiger partial charge in [0.05, 0.1) is 27.8 Å². The minimum absolute atomic E-state index is 0.0529. The molecule has 0 radical (unpaired) electrons. The van der Waals surface area contributed by atoms with Crippen molar-refractivity contribution in [2.45, 2.75) is 36.1 Å². The number of sulfonamides is 1. The number of hydrogen-bond donors (Lipinski definition) is 3. The third-order valence-corrected chi connectivity index (χ3v) is 6.48. The summed E-state index contributed by atoms with van der Waals surface area (Å²) in [6, 6.07) is 8.12. The van der Waals surface area contributed by atoms with Crippen LogP contribution in [0.15, 0.2) is 47.4 Å². The largest absolute Gasteiger partial charge is 0.416 e. The van der Waals surface area contributed by atoms with Crippen LogP contribution in [0.5, 0.6) is 0 Å². The number of alkyl halides is 3. The number of carbonyl (C=O) groups excluding carboxylic acids is 1. The average molecular weight is 457 g/mol. The monoisotopic (exact) mass is 457 g/mol. The molecule has 1 amide bonds. The van der Waals surface area contributed by atoms with Crippen molar-refractivity contribution >= 4 is 27.3 Å². The van der Waals surface area contributed by atoms with Gasteiger partial charge in [-0.2, -0.15) is 13.2 Å². The Morgan fingerprint density at radius 1 is 1.10 bits per heavy atom. The number of halogens is 3. The van der Waals surface area contributed by atoms with Crippen LogP contribution in [0.1, 0.15) is 28.8 Å². The summed E-state index contributed by atoms with van der Waals surface area (Å²) in [7, 11) is -0.964. The van der Waals surface area contributed by atoms with E-state index in [0.29, 0.717) is 18.5 Å². The van der Waals surface area contributed by atoms with Crippen molar-refractivity contribution in [1.82, 2.24) is 10.0 Å². The van der Waals surface area contributed by atoms with Crippen LogP contribution in [0.2, 0.25) is 0 Å². The molecule has 7 nitrogen and oxygen atoms in total. The maximum atomic E-state index is 12.9. The quantitative estimate of drug-likeness (QED) is 0.593. The van der Waals surface area contributed by atoms with Crippen molar-refractivity contribution in [2.75, 3.05) is 19.5 Å². The number of benzene rings is 2. The van der Waals surface area contributed by atoms with E-state index >= 15 is 0 Å². The Morgan fingerprint density at radius 2 is 1.74 bits per heavy atom. The molecular formula is C20H22F3N3O4S. The van der Waals surface area contributed by atoms with Crippen molar-refractivity contribution in [2.24, 2.45) is 0 Å². The van der Waals surface area contributed by atoms with Gasteiger partial charge in [0.25, 0.3) is 5.91 Å². The Balaban J connectivity index is 1.88. The van der Waals surface area contributed by atoms with Gasteiger partial charge in [-0.15, -0.1) is 0 Å². The number of amides is 1. The fraction of sp³-hybridized carbons (Fsp3) is 0.350. The lowest BCUT2D eigenvalue weighted by Gasteiger charge is -2.34. The number of methoxy groups -OCH3 is 1. The Bertz CT molecular complexity index is 1050. The van der Waals surface area contributed by atoms with E-state index in [1.165, 1.54) is 37.4 Å². The lowest BCUT2D eigenvalue weighted by atomic mass is 9.89. The van der Waals surface area contributed by atoms with Crippen LogP contribution < -0.4 is 15.4 Å². The normalized spacial score (nSPS) is 18.9. The van der Waals surface area contributed by atoms with E-state index in [9.17, 15) is 26.4 Å². The molecule has 2 aromatic carbocycles. The Labute approximate surface area is 178 Å². The third kappa shape index (κ3) is 5.35. The fourth-order valence-corrected chi connectivity index (χ4v) is 3.90. The number of rotatable bonds is 7. The van der Waals surface area contributed by atoms with Crippen LogP contribution in [-0.4, -0.2) is 40.6 Å². The van der Waals surface area contributed by atoms with E-state index in [2.05, 4.69) is 15.4 Å². The van der Waals surface area contributed by atoms with Gasteiger partial charge in [0.2, 0.25) is 10.0 Å². The second kappa shape index (κ2) is 8.85. The molecule has 0 aliphatic heterocycles. The van der Waals surface area contributed by atoms with Crippen molar-refractivity contribution in [3.05, 3.63) is 53.6 Å². The van der Waals surface area contributed by atoms with E-state index in [-0.39, 0.29) is 28.3 Å². The SMILES string of the molecule is CNS(=O)(=O)c1ccc(Nc2ccc(C(F)(F)F)cc2)c(C(=O)NC2CC(OC)C2)c1. The predicted molar refractivity (Wildman–Crippen MR) is 109 cm³/mol. The van der Waals surface area contributed by atoms with Crippen molar-refractivity contribution in [1.29, 1.82) is 0 Å². The number of anilines is 2. The molecule has 0 spiro atoms. The van der Waals surface area contributed by atoms with E-state index in [1.807, 2.05) is 0 Å². The molecule has 31 heavy (non-hydrogen) atoms. The molecule has 1 aliphatic rings. The maximum absolute atomic E-state index is 12.9. The summed E-state index contributed by atoms with van der Waals surface area (Å²) < 4.78 is 70.0. The summed E-state index contributed by atoms with van der Waals surface area (Å²) in [6.07, 6.45) is -3.13. The topological polar surface area (TPSA) is 96.5 Å². The molecule has 3 N–H and O–H groups in total. The molecule has 2 aromatic rings. The molecule has 168 valence electrons. The summed E-state index contributed by atoms with van der Waals surface area (Å²) in [5.41, 5.74) is -0.175. The highest BCUT2D eigenvalue weighted by molar-refractivity contribution is 7.89. The predicted octanol–water partition coefficient (Wildman–Crippen LogP) is 3.26. The summed E-state index contributed by atoms with van der Waals surface area (Å²) in [4.78, 5) is 12.7. The Kier molecular flexibility index (Phi) is 6.58. The van der Waals surface area contributed by atoms with Gasteiger partial charge >= 0.3 is 6.18 Å². The molecule has 0 saturated heterocycles. The molecule has 0 bridgehead atoms. The van der Waals surface area contributed by atoms with E-state index < -0.39 is 27.7 Å². The summed E-state index contributed by atoms with van der Waals surface area (Å²) in [5.74, 6) is -0.498. The molecule has 3 rings (SSSR count). The van der Waals surface area contributed by atoms with Crippen LogP contribution >= 0.6 is 0 Å². The molecule has 0 aromatic heterocycles. The average Bonchev–Trinajstić information content (AvgIpc) is 2.70. The van der Waals surface area contributed by atoms with Gasteiger partial charge in [-0.05, 0) is 62.4 Å². The number of carbonyl (C=O) groups is 1. The highest BCUT2D eigenvalue weighted by Gasteiger charge is 2.32. The zero-order chi connectivity index (χ0) is 22.8. The zero-order valence-electron chi connectivity index (χ0n) is 16.8. The first-order valence-electron chi connectivity index (χ1n) is 9.39. The fourth-order valence-electron chi connectivity index (χ4n) is 3.14. The molecule has 0 atom stereocenters. The first-order chi connectivity index (χ1) is 14.5. The van der Waals surface area contributed by atoms with Crippen molar-refractivity contribution < 1.29 is 31.1 Å². The molecular weight excluding hydrogens is 435 g/mol. The van der Waals surface area contributed by atoms with E-state index in [4.69, 9.17) is 4.74 Å². The molecule has 0 unspecified atom stereocenters. The first-order valence-corrected chi connectivity index (χ1v) is 10.9. The Morgan fingerprint density at radius 3 is 2.29 bits per heavy atom. The molecule has 11 heteroatoms. The van der Waals surface area contributed by atoms with Gasteiger partial charge in [-0.1, -0.05) is 0 Å². The van der Waals surface area contributed by atoms with Crippen LogP contribution in [-0.2, 0) is 20.9 Å². The standard InChI is InChI=1S/C20H22F3N3O4S/c1-24-31(28,29)16-7-8-18(25-13-5-3-12(4-6-13)20(21,22)23)17(11-16)19(27)26-14-9-15(10-14)30-2/h3-8,11,14-15,24-25H,9-10H2,1-2H3,(H,26,27). The Hall–Kier alpha value is -2.63. The summed E-state index contributed by atoms with van der Waals surface area (Å²) in [5, 5.41) is 5.72. The van der Waals surface area contributed by atoms with E-state index in [1.54, 1.807) is 7.11 Å². The molecule has 1 aliphatic carbocycles. The first kappa shape index (κ1) is 23.0. The highest BCUT2D eigenvalue weighted by Crippen LogP contribution is 2.31. The highest BCUT2D eigenvalue weighted by atomic mass is 32.2. The molecule has 1 saturated carbocycles. The van der Waals surface area contributed by atoms with E-state index in [0.717, 1.165) is 12.1 Å². The maximum Gasteiger partial charge on any atom is 0.416 e. The number of nitrogens with one attached hydrogen (secondary N) is 3. The van der Waals surface area contributed by atoms with Gasteiger partial charge < -0.3 is 15.4 Å². The van der Waals surface area contributed by atoms with Crippen LogP contribution in [0.3, 0.4) is 0 Å². The van der Waals surface area contributed by atoms with Gasteiger partial charge in [0, 0.05) is 18.8 Å². The third-order valence-electron chi connectivity index (χ3n) is 5.07.